The Bertz CT molecular complexity index is 502. The fraction of sp³-hybridized carbons (Fsp3) is 0.154. The van der Waals surface area contributed by atoms with Gasteiger partial charge in [-0.25, -0.2) is 0 Å². The molecule has 1 atom stereocenters. The van der Waals surface area contributed by atoms with Crippen LogP contribution in [0.1, 0.15) is 22.0 Å². The van der Waals surface area contributed by atoms with E-state index < -0.39 is 6.04 Å². The fourth-order valence-electron chi connectivity index (χ4n) is 1.59. The fourth-order valence-corrected chi connectivity index (χ4v) is 1.59. The van der Waals surface area contributed by atoms with Crippen molar-refractivity contribution in [2.24, 2.45) is 0 Å². The summed E-state index contributed by atoms with van der Waals surface area (Å²) in [6, 6.07) is 10.5. The molecule has 0 bridgehead atoms. The number of nitrogens with one attached hydrogen (secondary N) is 1. The van der Waals surface area contributed by atoms with Crippen molar-refractivity contribution in [2.45, 2.75) is 6.04 Å². The first-order chi connectivity index (χ1) is 8.81. The Labute approximate surface area is 104 Å². The quantitative estimate of drug-likeness (QED) is 0.838. The van der Waals surface area contributed by atoms with E-state index in [4.69, 9.17) is 0 Å². The summed E-state index contributed by atoms with van der Waals surface area (Å²) in [4.78, 5) is 11.9. The zero-order valence-electron chi connectivity index (χ0n) is 9.65. The lowest BCUT2D eigenvalue weighted by Crippen LogP contribution is -2.30. The summed E-state index contributed by atoms with van der Waals surface area (Å²) < 4.78 is 0. The highest BCUT2D eigenvalue weighted by Gasteiger charge is 2.14. The van der Waals surface area contributed by atoms with Crippen molar-refractivity contribution >= 4 is 5.91 Å². The standard InChI is InChI=1S/C13H13N3O2/c17-9-12(10-4-2-1-3-5-10)16-13(18)11-6-7-14-15-8-11/h1-8,12,17H,9H2,(H,16,18). The maximum Gasteiger partial charge on any atom is 0.253 e. The van der Waals surface area contributed by atoms with Crippen molar-refractivity contribution in [2.75, 3.05) is 6.61 Å². The molecule has 5 nitrogen and oxygen atoms in total. The van der Waals surface area contributed by atoms with E-state index in [2.05, 4.69) is 15.5 Å². The molecule has 1 unspecified atom stereocenters. The first-order valence-corrected chi connectivity index (χ1v) is 5.54. The molecule has 92 valence electrons. The Hall–Kier alpha value is -2.27. The van der Waals surface area contributed by atoms with Gasteiger partial charge in [0.25, 0.3) is 5.91 Å². The van der Waals surface area contributed by atoms with Crippen molar-refractivity contribution in [3.63, 3.8) is 0 Å². The molecule has 1 amide bonds. The van der Waals surface area contributed by atoms with Gasteiger partial charge in [-0.15, -0.1) is 0 Å². The topological polar surface area (TPSA) is 75.1 Å². The average molecular weight is 243 g/mol. The van der Waals surface area contributed by atoms with Gasteiger partial charge in [0.1, 0.15) is 0 Å². The maximum absolute atomic E-state index is 11.9. The molecule has 1 heterocycles. The second-order valence-corrected chi connectivity index (χ2v) is 3.75. The lowest BCUT2D eigenvalue weighted by Gasteiger charge is -2.16. The Morgan fingerprint density at radius 1 is 1.22 bits per heavy atom. The van der Waals surface area contributed by atoms with Crippen LogP contribution in [0.15, 0.2) is 48.8 Å². The molecular formula is C13H13N3O2. The van der Waals surface area contributed by atoms with Gasteiger partial charge in [-0.05, 0) is 11.6 Å². The number of carbonyl (C=O) groups is 1. The molecule has 5 heteroatoms. The van der Waals surface area contributed by atoms with Crippen molar-refractivity contribution in [3.05, 3.63) is 59.9 Å². The van der Waals surface area contributed by atoms with Crippen LogP contribution in [0.25, 0.3) is 0 Å². The third kappa shape index (κ3) is 2.89. The molecule has 0 aliphatic heterocycles. The number of rotatable bonds is 4. The SMILES string of the molecule is O=C(NC(CO)c1ccccc1)c1ccnnc1. The minimum atomic E-state index is -0.424. The van der Waals surface area contributed by atoms with E-state index in [0.29, 0.717) is 5.56 Å². The van der Waals surface area contributed by atoms with Gasteiger partial charge in [-0.3, -0.25) is 4.79 Å². The van der Waals surface area contributed by atoms with Gasteiger partial charge in [0.15, 0.2) is 0 Å². The molecule has 0 saturated carbocycles. The molecule has 2 N–H and O–H groups in total. The van der Waals surface area contributed by atoms with Crippen molar-refractivity contribution in [1.82, 2.24) is 15.5 Å². The highest BCUT2D eigenvalue weighted by molar-refractivity contribution is 5.94. The number of amides is 1. The molecule has 2 rings (SSSR count). The van der Waals surface area contributed by atoms with E-state index in [1.807, 2.05) is 30.3 Å². The van der Waals surface area contributed by atoms with Crippen LogP contribution in [0.4, 0.5) is 0 Å². The third-order valence-corrected chi connectivity index (χ3v) is 2.54. The lowest BCUT2D eigenvalue weighted by molar-refractivity contribution is 0.0915. The highest BCUT2D eigenvalue weighted by atomic mass is 16.3. The van der Waals surface area contributed by atoms with E-state index in [1.54, 1.807) is 6.07 Å². The zero-order valence-corrected chi connectivity index (χ0v) is 9.65. The molecule has 0 aliphatic rings. The Morgan fingerprint density at radius 3 is 2.61 bits per heavy atom. The number of benzene rings is 1. The minimum Gasteiger partial charge on any atom is -0.394 e. The van der Waals surface area contributed by atoms with Crippen LogP contribution in [0.3, 0.4) is 0 Å². The molecule has 0 spiro atoms. The van der Waals surface area contributed by atoms with Crippen LogP contribution in [-0.2, 0) is 0 Å². The van der Waals surface area contributed by atoms with Gasteiger partial charge in [0.05, 0.1) is 30.6 Å². The molecule has 0 radical (unpaired) electrons. The van der Waals surface area contributed by atoms with E-state index in [0.717, 1.165) is 5.56 Å². The van der Waals surface area contributed by atoms with Crippen LogP contribution in [-0.4, -0.2) is 27.8 Å². The molecule has 0 saturated heterocycles. The number of aliphatic hydroxyl groups is 1. The monoisotopic (exact) mass is 243 g/mol. The molecule has 18 heavy (non-hydrogen) atoms. The van der Waals surface area contributed by atoms with Gasteiger partial charge in [0, 0.05) is 0 Å². The molecule has 2 aromatic rings. The minimum absolute atomic E-state index is 0.158. The summed E-state index contributed by atoms with van der Waals surface area (Å²) in [5, 5.41) is 19.3. The molecule has 1 aromatic carbocycles. The maximum atomic E-state index is 11.9. The average Bonchev–Trinajstić information content (AvgIpc) is 2.46. The second-order valence-electron chi connectivity index (χ2n) is 3.75. The number of aromatic nitrogens is 2. The van der Waals surface area contributed by atoms with E-state index >= 15 is 0 Å². The first kappa shape index (κ1) is 12.2. The number of aliphatic hydroxyl groups excluding tert-OH is 1. The summed E-state index contributed by atoms with van der Waals surface area (Å²) in [6.45, 7) is -0.158. The second kappa shape index (κ2) is 5.88. The van der Waals surface area contributed by atoms with E-state index in [1.165, 1.54) is 12.4 Å². The van der Waals surface area contributed by atoms with Gasteiger partial charge in [-0.1, -0.05) is 30.3 Å². The van der Waals surface area contributed by atoms with Crippen LogP contribution in [0.2, 0.25) is 0 Å². The summed E-state index contributed by atoms with van der Waals surface area (Å²) >= 11 is 0. The Kier molecular flexibility index (Phi) is 3.98. The first-order valence-electron chi connectivity index (χ1n) is 5.54. The van der Waals surface area contributed by atoms with Gasteiger partial charge in [-0.2, -0.15) is 10.2 Å². The largest absolute Gasteiger partial charge is 0.394 e. The number of hydrogen-bond acceptors (Lipinski definition) is 4. The van der Waals surface area contributed by atoms with Crippen molar-refractivity contribution in [3.8, 4) is 0 Å². The van der Waals surface area contributed by atoms with Gasteiger partial charge in [0.2, 0.25) is 0 Å². The van der Waals surface area contributed by atoms with E-state index in [-0.39, 0.29) is 12.5 Å². The zero-order chi connectivity index (χ0) is 12.8. The summed E-state index contributed by atoms with van der Waals surface area (Å²) in [5.41, 5.74) is 1.27. The van der Waals surface area contributed by atoms with Crippen LogP contribution in [0.5, 0.6) is 0 Å². The summed E-state index contributed by atoms with van der Waals surface area (Å²) in [5.74, 6) is -0.284. The molecule has 0 aliphatic carbocycles. The number of nitrogens with zero attached hydrogens (tertiary/aromatic N) is 2. The van der Waals surface area contributed by atoms with Crippen molar-refractivity contribution < 1.29 is 9.90 Å². The predicted molar refractivity (Wildman–Crippen MR) is 65.8 cm³/mol. The molecule has 1 aromatic heterocycles. The third-order valence-electron chi connectivity index (χ3n) is 2.54. The smallest absolute Gasteiger partial charge is 0.253 e. The number of carbonyl (C=O) groups excluding carboxylic acids is 1. The van der Waals surface area contributed by atoms with Gasteiger partial charge < -0.3 is 10.4 Å². The number of hydrogen-bond donors (Lipinski definition) is 2. The Balaban J connectivity index is 2.10. The normalized spacial score (nSPS) is 11.8. The van der Waals surface area contributed by atoms with E-state index in [9.17, 15) is 9.90 Å². The lowest BCUT2D eigenvalue weighted by atomic mass is 10.1. The van der Waals surface area contributed by atoms with Crippen LogP contribution >= 0.6 is 0 Å². The molecular weight excluding hydrogens is 230 g/mol. The highest BCUT2D eigenvalue weighted by Crippen LogP contribution is 2.12. The summed E-state index contributed by atoms with van der Waals surface area (Å²) in [7, 11) is 0. The van der Waals surface area contributed by atoms with Crippen LogP contribution in [0, 0.1) is 0 Å². The van der Waals surface area contributed by atoms with Gasteiger partial charge >= 0.3 is 0 Å². The molecule has 0 fully saturated rings. The predicted octanol–water partition coefficient (Wildman–Crippen LogP) is 0.940. The van der Waals surface area contributed by atoms with Crippen molar-refractivity contribution in [1.29, 1.82) is 0 Å². The van der Waals surface area contributed by atoms with Crippen LogP contribution < -0.4 is 5.32 Å². The Morgan fingerprint density at radius 2 is 2.00 bits per heavy atom. The summed E-state index contributed by atoms with van der Waals surface area (Å²) in [6.07, 6.45) is 2.83.